The zero-order valence-electron chi connectivity index (χ0n) is 17.8. The minimum Gasteiger partial charge on any atom is -0.379 e. The van der Waals surface area contributed by atoms with Crippen LogP contribution in [0.3, 0.4) is 0 Å². The van der Waals surface area contributed by atoms with Crippen molar-refractivity contribution in [2.24, 2.45) is 5.92 Å². The van der Waals surface area contributed by atoms with Crippen LogP contribution in [0.2, 0.25) is 0 Å². The Morgan fingerprint density at radius 1 is 1.26 bits per heavy atom. The molecule has 2 aliphatic heterocycles. The Labute approximate surface area is 190 Å². The zero-order chi connectivity index (χ0) is 21.8. The van der Waals surface area contributed by atoms with E-state index in [1.165, 1.54) is 16.9 Å². The summed E-state index contributed by atoms with van der Waals surface area (Å²) in [5, 5.41) is 11.6. The van der Waals surface area contributed by atoms with Crippen molar-refractivity contribution in [3.63, 3.8) is 0 Å². The molecule has 8 nitrogen and oxygen atoms in total. The number of aromatic nitrogens is 2. The number of ether oxygens (including phenoxy) is 1. The number of amides is 2. The molecule has 1 aromatic carbocycles. The van der Waals surface area contributed by atoms with Crippen LogP contribution in [0, 0.1) is 19.8 Å². The number of aryl methyl sites for hydroxylation is 2. The van der Waals surface area contributed by atoms with Crippen molar-refractivity contribution >= 4 is 45.7 Å². The summed E-state index contributed by atoms with van der Waals surface area (Å²) in [5.74, 6) is 0.320. The van der Waals surface area contributed by atoms with Gasteiger partial charge < -0.3 is 15.0 Å². The largest absolute Gasteiger partial charge is 0.379 e. The average molecular weight is 462 g/mol. The predicted molar refractivity (Wildman–Crippen MR) is 123 cm³/mol. The van der Waals surface area contributed by atoms with Gasteiger partial charge in [-0.15, -0.1) is 10.2 Å². The molecule has 166 valence electrons. The van der Waals surface area contributed by atoms with Crippen LogP contribution in [0.5, 0.6) is 0 Å². The Kier molecular flexibility index (Phi) is 7.21. The van der Waals surface area contributed by atoms with Gasteiger partial charge in [0.15, 0.2) is 4.34 Å². The number of carbonyl (C=O) groups excluding carboxylic acids is 2. The molecule has 3 heterocycles. The van der Waals surface area contributed by atoms with Gasteiger partial charge >= 0.3 is 0 Å². The third kappa shape index (κ3) is 5.62. The molecule has 0 radical (unpaired) electrons. The second kappa shape index (κ2) is 10.1. The molecule has 2 aromatic rings. The fourth-order valence-electron chi connectivity index (χ4n) is 3.64. The van der Waals surface area contributed by atoms with Crippen molar-refractivity contribution in [3.05, 3.63) is 29.3 Å². The molecule has 2 saturated heterocycles. The lowest BCUT2D eigenvalue weighted by Crippen LogP contribution is -2.37. The van der Waals surface area contributed by atoms with Crippen molar-refractivity contribution in [3.8, 4) is 0 Å². The standard InChI is InChI=1S/C21H27N5O3S2/c1-14-3-4-17(11-15(14)2)26-13-16(12-18(26)27)19(28)22-20-23-24-21(31-20)30-10-7-25-5-8-29-9-6-25/h3-4,11,16H,5-10,12-13H2,1-2H3,(H,22,23,28)/t16-/m0/s1. The molecule has 4 rings (SSSR count). The number of thioether (sulfide) groups is 1. The molecule has 0 saturated carbocycles. The van der Waals surface area contributed by atoms with Crippen molar-refractivity contribution in [2.75, 3.05) is 55.4 Å². The Hall–Kier alpha value is -2.01. The summed E-state index contributed by atoms with van der Waals surface area (Å²) in [4.78, 5) is 29.3. The van der Waals surface area contributed by atoms with E-state index in [4.69, 9.17) is 4.74 Å². The van der Waals surface area contributed by atoms with E-state index in [1.54, 1.807) is 16.7 Å². The summed E-state index contributed by atoms with van der Waals surface area (Å²) >= 11 is 3.02. The highest BCUT2D eigenvalue weighted by Gasteiger charge is 2.35. The quantitative estimate of drug-likeness (QED) is 0.501. The molecule has 2 amide bonds. The van der Waals surface area contributed by atoms with Crippen LogP contribution < -0.4 is 10.2 Å². The minimum atomic E-state index is -0.393. The van der Waals surface area contributed by atoms with E-state index in [0.29, 0.717) is 11.7 Å². The Bertz CT molecular complexity index is 945. The maximum Gasteiger partial charge on any atom is 0.231 e. The van der Waals surface area contributed by atoms with E-state index in [-0.39, 0.29) is 18.2 Å². The van der Waals surface area contributed by atoms with Gasteiger partial charge in [0.25, 0.3) is 0 Å². The van der Waals surface area contributed by atoms with E-state index in [9.17, 15) is 9.59 Å². The third-order valence-corrected chi connectivity index (χ3v) is 7.62. The van der Waals surface area contributed by atoms with Crippen LogP contribution in [0.4, 0.5) is 10.8 Å². The molecule has 0 bridgehead atoms. The zero-order valence-corrected chi connectivity index (χ0v) is 19.4. The molecule has 1 N–H and O–H groups in total. The van der Waals surface area contributed by atoms with Crippen LogP contribution in [0.15, 0.2) is 22.5 Å². The van der Waals surface area contributed by atoms with Gasteiger partial charge in [0.1, 0.15) is 0 Å². The van der Waals surface area contributed by atoms with Gasteiger partial charge in [0.05, 0.1) is 19.1 Å². The van der Waals surface area contributed by atoms with Crippen molar-refractivity contribution in [1.82, 2.24) is 15.1 Å². The van der Waals surface area contributed by atoms with Crippen LogP contribution >= 0.6 is 23.1 Å². The molecular formula is C21H27N5O3S2. The predicted octanol–water partition coefficient (Wildman–Crippen LogP) is 2.57. The molecule has 2 aliphatic rings. The molecule has 0 unspecified atom stereocenters. The second-order valence-electron chi connectivity index (χ2n) is 7.84. The summed E-state index contributed by atoms with van der Waals surface area (Å²) in [6.45, 7) is 8.96. The monoisotopic (exact) mass is 461 g/mol. The summed E-state index contributed by atoms with van der Waals surface area (Å²) < 4.78 is 6.20. The number of nitrogens with zero attached hydrogens (tertiary/aromatic N) is 4. The number of benzene rings is 1. The van der Waals surface area contributed by atoms with E-state index >= 15 is 0 Å². The lowest BCUT2D eigenvalue weighted by Gasteiger charge is -2.25. The summed E-state index contributed by atoms with van der Waals surface area (Å²) in [6, 6.07) is 5.94. The number of hydrogen-bond donors (Lipinski definition) is 1. The highest BCUT2D eigenvalue weighted by molar-refractivity contribution is 8.01. The van der Waals surface area contributed by atoms with Crippen molar-refractivity contribution in [1.29, 1.82) is 0 Å². The highest BCUT2D eigenvalue weighted by atomic mass is 32.2. The van der Waals surface area contributed by atoms with E-state index < -0.39 is 5.92 Å². The molecule has 1 atom stereocenters. The first kappa shape index (κ1) is 22.2. The molecule has 1 aromatic heterocycles. The van der Waals surface area contributed by atoms with Gasteiger partial charge in [0.2, 0.25) is 16.9 Å². The van der Waals surface area contributed by atoms with Crippen molar-refractivity contribution in [2.45, 2.75) is 24.6 Å². The number of carbonyl (C=O) groups is 2. The van der Waals surface area contributed by atoms with Crippen LogP contribution in [0.1, 0.15) is 17.5 Å². The fraction of sp³-hybridized carbons (Fsp3) is 0.524. The van der Waals surface area contributed by atoms with Crippen LogP contribution in [0.25, 0.3) is 0 Å². The molecule has 0 spiro atoms. The lowest BCUT2D eigenvalue weighted by molar-refractivity contribution is -0.122. The highest BCUT2D eigenvalue weighted by Crippen LogP contribution is 2.29. The number of hydrogen-bond acceptors (Lipinski definition) is 8. The molecule has 2 fully saturated rings. The van der Waals surface area contributed by atoms with E-state index in [2.05, 4.69) is 20.4 Å². The summed E-state index contributed by atoms with van der Waals surface area (Å²) in [6.07, 6.45) is 0.207. The first-order chi connectivity index (χ1) is 15.0. The van der Waals surface area contributed by atoms with E-state index in [0.717, 1.165) is 54.2 Å². The van der Waals surface area contributed by atoms with Crippen molar-refractivity contribution < 1.29 is 14.3 Å². The molecule has 31 heavy (non-hydrogen) atoms. The normalized spacial score (nSPS) is 19.7. The number of rotatable bonds is 7. The summed E-state index contributed by atoms with van der Waals surface area (Å²) in [7, 11) is 0. The first-order valence-electron chi connectivity index (χ1n) is 10.4. The fourth-order valence-corrected chi connectivity index (χ4v) is 5.46. The molecule has 10 heteroatoms. The maximum atomic E-state index is 12.7. The molecule has 0 aliphatic carbocycles. The smallest absolute Gasteiger partial charge is 0.231 e. The Morgan fingerprint density at radius 2 is 2.06 bits per heavy atom. The second-order valence-corrected chi connectivity index (χ2v) is 10.2. The van der Waals surface area contributed by atoms with Gasteiger partial charge in [-0.25, -0.2) is 0 Å². The number of anilines is 2. The van der Waals surface area contributed by atoms with Gasteiger partial charge in [-0.05, 0) is 37.1 Å². The number of morpholine rings is 1. The van der Waals surface area contributed by atoms with Gasteiger partial charge in [-0.3, -0.25) is 14.5 Å². The van der Waals surface area contributed by atoms with Gasteiger partial charge in [-0.2, -0.15) is 0 Å². The lowest BCUT2D eigenvalue weighted by atomic mass is 10.1. The van der Waals surface area contributed by atoms with Gasteiger partial charge in [-0.1, -0.05) is 29.2 Å². The first-order valence-corrected chi connectivity index (χ1v) is 12.2. The Balaban J connectivity index is 1.27. The third-order valence-electron chi connectivity index (χ3n) is 5.67. The van der Waals surface area contributed by atoms with E-state index in [1.807, 2.05) is 32.0 Å². The van der Waals surface area contributed by atoms with Crippen LogP contribution in [-0.4, -0.2) is 72.1 Å². The maximum absolute atomic E-state index is 12.7. The topological polar surface area (TPSA) is 87.7 Å². The average Bonchev–Trinajstić information content (AvgIpc) is 3.37. The molecular weight excluding hydrogens is 434 g/mol. The SMILES string of the molecule is Cc1ccc(N2C[C@@H](C(=O)Nc3nnc(SCCN4CCOCC4)s3)CC2=O)cc1C. The van der Waals surface area contributed by atoms with Gasteiger partial charge in [0, 0.05) is 44.0 Å². The Morgan fingerprint density at radius 3 is 2.84 bits per heavy atom. The summed E-state index contributed by atoms with van der Waals surface area (Å²) in [5.41, 5.74) is 3.16. The number of nitrogens with one attached hydrogen (secondary N) is 1. The van der Waals surface area contributed by atoms with Crippen LogP contribution in [-0.2, 0) is 14.3 Å². The minimum absolute atomic E-state index is 0.0278.